The fourth-order valence-corrected chi connectivity index (χ4v) is 1.80. The molecule has 0 aliphatic heterocycles. The van der Waals surface area contributed by atoms with Crippen molar-refractivity contribution < 1.29 is 8.91 Å². The fourth-order valence-electron chi connectivity index (χ4n) is 1.80. The van der Waals surface area contributed by atoms with E-state index < -0.39 is 0 Å². The van der Waals surface area contributed by atoms with Crippen molar-refractivity contribution in [3.63, 3.8) is 0 Å². The molecule has 1 heterocycles. The lowest BCUT2D eigenvalue weighted by Gasteiger charge is -2.04. The van der Waals surface area contributed by atoms with Crippen molar-refractivity contribution in [1.29, 1.82) is 0 Å². The Kier molecular flexibility index (Phi) is 5.85. The van der Waals surface area contributed by atoms with Gasteiger partial charge in [-0.15, -0.1) is 0 Å². The molecule has 1 aromatic carbocycles. The quantitative estimate of drug-likeness (QED) is 0.354. The molecule has 0 saturated heterocycles. The first-order chi connectivity index (χ1) is 11.0. The van der Waals surface area contributed by atoms with Crippen LogP contribution in [0.4, 0.5) is 4.39 Å². The van der Waals surface area contributed by atoms with E-state index in [0.29, 0.717) is 37.2 Å². The normalized spacial score (nSPS) is 11.5. The van der Waals surface area contributed by atoms with Crippen LogP contribution in [0.1, 0.15) is 19.2 Å². The molecule has 0 saturated carbocycles. The Balaban J connectivity index is 1.78. The van der Waals surface area contributed by atoms with Crippen molar-refractivity contribution in [2.45, 2.75) is 19.8 Å². The molecule has 6 nitrogen and oxygen atoms in total. The third-order valence-electron chi connectivity index (χ3n) is 2.96. The summed E-state index contributed by atoms with van der Waals surface area (Å²) in [5.41, 5.74) is 7.38. The number of rotatable bonds is 7. The van der Waals surface area contributed by atoms with Crippen LogP contribution in [-0.4, -0.2) is 29.2 Å². The van der Waals surface area contributed by atoms with Gasteiger partial charge in [-0.3, -0.25) is 0 Å². The number of aliphatic imine (C=N–C) groups is 1. The molecule has 1 aromatic heterocycles. The maximum Gasteiger partial charge on any atom is 0.227 e. The molecule has 2 rings (SSSR count). The number of benzene rings is 1. The molecule has 0 amide bonds. The van der Waals surface area contributed by atoms with Crippen LogP contribution in [0.3, 0.4) is 0 Å². The molecule has 23 heavy (non-hydrogen) atoms. The van der Waals surface area contributed by atoms with Gasteiger partial charge in [-0.1, -0.05) is 17.3 Å². The summed E-state index contributed by atoms with van der Waals surface area (Å²) in [5.74, 6) is 1.08. The standard InChI is InChI=1S/C16H20FN5O/c1-11(2)10-20-16(18)19-9-3-4-14-21-15(22-23-14)12-5-7-13(17)8-6-12/h5-8H,1,3-4,9-10H2,2H3,(H3,18,19,20). The summed E-state index contributed by atoms with van der Waals surface area (Å²) in [6.45, 7) is 6.82. The van der Waals surface area contributed by atoms with Crippen LogP contribution in [0.15, 0.2) is 45.9 Å². The number of hydrogen-bond donors (Lipinski definition) is 2. The Labute approximate surface area is 134 Å². The zero-order valence-electron chi connectivity index (χ0n) is 13.1. The summed E-state index contributed by atoms with van der Waals surface area (Å²) in [7, 11) is 0. The molecular formula is C16H20FN5O. The fraction of sp³-hybridized carbons (Fsp3) is 0.312. The number of aromatic nitrogens is 2. The molecule has 0 spiro atoms. The average molecular weight is 317 g/mol. The highest BCUT2D eigenvalue weighted by atomic mass is 19.1. The summed E-state index contributed by atoms with van der Waals surface area (Å²) in [6.07, 6.45) is 1.39. The van der Waals surface area contributed by atoms with Gasteiger partial charge < -0.3 is 15.6 Å². The lowest BCUT2D eigenvalue weighted by atomic mass is 10.2. The highest BCUT2D eigenvalue weighted by molar-refractivity contribution is 5.77. The monoisotopic (exact) mass is 317 g/mol. The van der Waals surface area contributed by atoms with Crippen LogP contribution in [0.2, 0.25) is 0 Å². The molecule has 0 aliphatic carbocycles. The van der Waals surface area contributed by atoms with E-state index in [1.54, 1.807) is 12.1 Å². The highest BCUT2D eigenvalue weighted by Crippen LogP contribution is 2.16. The molecule has 7 heteroatoms. The first-order valence-electron chi connectivity index (χ1n) is 7.31. The lowest BCUT2D eigenvalue weighted by molar-refractivity contribution is 0.376. The second kappa shape index (κ2) is 8.07. The van der Waals surface area contributed by atoms with Gasteiger partial charge in [0.15, 0.2) is 5.96 Å². The van der Waals surface area contributed by atoms with E-state index >= 15 is 0 Å². The second-order valence-electron chi connectivity index (χ2n) is 5.21. The third kappa shape index (κ3) is 5.54. The Morgan fingerprint density at radius 1 is 1.39 bits per heavy atom. The van der Waals surface area contributed by atoms with Gasteiger partial charge in [0.25, 0.3) is 0 Å². The van der Waals surface area contributed by atoms with Crippen molar-refractivity contribution in [3.05, 3.63) is 48.1 Å². The number of nitrogens with one attached hydrogen (secondary N) is 1. The summed E-state index contributed by atoms with van der Waals surface area (Å²) < 4.78 is 18.1. The first-order valence-corrected chi connectivity index (χ1v) is 7.31. The molecule has 0 fully saturated rings. The molecular weight excluding hydrogens is 297 g/mol. The van der Waals surface area contributed by atoms with Crippen LogP contribution in [0.5, 0.6) is 0 Å². The molecule has 0 aliphatic rings. The van der Waals surface area contributed by atoms with Crippen LogP contribution in [0.25, 0.3) is 11.4 Å². The van der Waals surface area contributed by atoms with E-state index in [0.717, 1.165) is 17.6 Å². The van der Waals surface area contributed by atoms with Gasteiger partial charge >= 0.3 is 0 Å². The van der Waals surface area contributed by atoms with Gasteiger partial charge in [-0.05, 0) is 37.6 Å². The van der Waals surface area contributed by atoms with Crippen LogP contribution >= 0.6 is 0 Å². The number of nitrogens with zero attached hydrogens (tertiary/aromatic N) is 3. The molecule has 0 bridgehead atoms. The van der Waals surface area contributed by atoms with Gasteiger partial charge in [0.1, 0.15) is 5.82 Å². The van der Waals surface area contributed by atoms with E-state index in [1.807, 2.05) is 6.92 Å². The Bertz CT molecular complexity index is 678. The molecule has 122 valence electrons. The van der Waals surface area contributed by atoms with Crippen molar-refractivity contribution >= 4 is 5.96 Å². The van der Waals surface area contributed by atoms with Crippen molar-refractivity contribution in [1.82, 2.24) is 15.5 Å². The van der Waals surface area contributed by atoms with Gasteiger partial charge in [0.2, 0.25) is 11.7 Å². The van der Waals surface area contributed by atoms with E-state index in [1.165, 1.54) is 12.1 Å². The van der Waals surface area contributed by atoms with Gasteiger partial charge in [-0.25, -0.2) is 9.38 Å². The van der Waals surface area contributed by atoms with E-state index in [2.05, 4.69) is 27.0 Å². The molecule has 3 N–H and O–H groups in total. The Morgan fingerprint density at radius 3 is 2.83 bits per heavy atom. The average Bonchev–Trinajstić information content (AvgIpc) is 2.99. The third-order valence-corrected chi connectivity index (χ3v) is 2.96. The van der Waals surface area contributed by atoms with E-state index in [4.69, 9.17) is 10.3 Å². The van der Waals surface area contributed by atoms with Gasteiger partial charge in [0.05, 0.1) is 6.54 Å². The Morgan fingerprint density at radius 2 is 2.13 bits per heavy atom. The smallest absolute Gasteiger partial charge is 0.227 e. The minimum Gasteiger partial charge on any atom is -0.370 e. The minimum atomic E-state index is -0.297. The zero-order valence-corrected chi connectivity index (χ0v) is 13.1. The largest absolute Gasteiger partial charge is 0.370 e. The Hall–Kier alpha value is -2.70. The summed E-state index contributed by atoms with van der Waals surface area (Å²) in [4.78, 5) is 8.41. The van der Waals surface area contributed by atoms with E-state index in [-0.39, 0.29) is 5.82 Å². The maximum atomic E-state index is 12.9. The summed E-state index contributed by atoms with van der Waals surface area (Å²) >= 11 is 0. The van der Waals surface area contributed by atoms with Crippen LogP contribution in [-0.2, 0) is 6.42 Å². The predicted octanol–water partition coefficient (Wildman–Crippen LogP) is 2.29. The number of nitrogens with two attached hydrogens (primary N) is 1. The highest BCUT2D eigenvalue weighted by Gasteiger charge is 2.08. The number of guanidine groups is 1. The van der Waals surface area contributed by atoms with Crippen molar-refractivity contribution in [2.24, 2.45) is 10.7 Å². The molecule has 2 aromatic rings. The summed E-state index contributed by atoms with van der Waals surface area (Å²) in [6, 6.07) is 5.96. The maximum absolute atomic E-state index is 12.9. The molecule has 0 radical (unpaired) electrons. The summed E-state index contributed by atoms with van der Waals surface area (Å²) in [5, 5.41) is 6.90. The van der Waals surface area contributed by atoms with Gasteiger partial charge in [0, 0.05) is 18.5 Å². The van der Waals surface area contributed by atoms with E-state index in [9.17, 15) is 4.39 Å². The SMILES string of the molecule is C=C(C)CN=C(N)NCCCc1nc(-c2ccc(F)cc2)no1. The second-order valence-corrected chi connectivity index (χ2v) is 5.21. The number of aryl methyl sites for hydroxylation is 1. The number of halogens is 1. The minimum absolute atomic E-state index is 0.297. The molecule has 0 atom stereocenters. The first kappa shape index (κ1) is 16.7. The van der Waals surface area contributed by atoms with Crippen LogP contribution < -0.4 is 11.1 Å². The molecule has 0 unspecified atom stereocenters. The van der Waals surface area contributed by atoms with Gasteiger partial charge in [-0.2, -0.15) is 4.98 Å². The lowest BCUT2D eigenvalue weighted by Crippen LogP contribution is -2.32. The van der Waals surface area contributed by atoms with Crippen LogP contribution in [0, 0.1) is 5.82 Å². The number of hydrogen-bond acceptors (Lipinski definition) is 4. The van der Waals surface area contributed by atoms with Crippen molar-refractivity contribution in [3.8, 4) is 11.4 Å². The zero-order chi connectivity index (χ0) is 16.7. The topological polar surface area (TPSA) is 89.3 Å². The van der Waals surface area contributed by atoms with Crippen molar-refractivity contribution in [2.75, 3.05) is 13.1 Å². The predicted molar refractivity (Wildman–Crippen MR) is 87.3 cm³/mol.